The number of nitrogens with two attached hydrogens (primary N) is 1. The molecule has 1 aliphatic heterocycles. The zero-order valence-corrected chi connectivity index (χ0v) is 9.89. The molecule has 2 rings (SSSR count). The van der Waals surface area contributed by atoms with Crippen molar-refractivity contribution in [2.75, 3.05) is 24.5 Å². The van der Waals surface area contributed by atoms with Crippen LogP contribution in [-0.2, 0) is 6.42 Å². The minimum Gasteiger partial charge on any atom is -0.340 e. The van der Waals surface area contributed by atoms with Gasteiger partial charge in [-0.05, 0) is 30.9 Å². The second-order valence-corrected chi connectivity index (χ2v) is 4.48. The van der Waals surface area contributed by atoms with Gasteiger partial charge >= 0.3 is 0 Å². The van der Waals surface area contributed by atoms with Crippen LogP contribution < -0.4 is 10.6 Å². The summed E-state index contributed by atoms with van der Waals surface area (Å²) < 4.78 is 0. The van der Waals surface area contributed by atoms with Crippen molar-refractivity contribution in [1.82, 2.24) is 9.97 Å². The fourth-order valence-corrected chi connectivity index (χ4v) is 2.14. The molecule has 4 nitrogen and oxygen atoms in total. The minimum absolute atomic E-state index is 0.610. The Morgan fingerprint density at radius 3 is 2.75 bits per heavy atom. The molecule has 1 aromatic heterocycles. The molecule has 1 fully saturated rings. The molecule has 0 bridgehead atoms. The molecule has 2 N–H and O–H groups in total. The van der Waals surface area contributed by atoms with Gasteiger partial charge in [0.15, 0.2) is 0 Å². The van der Waals surface area contributed by atoms with Crippen LogP contribution in [0.5, 0.6) is 0 Å². The normalized spacial score (nSPS) is 20.4. The Labute approximate surface area is 96.9 Å². The van der Waals surface area contributed by atoms with Crippen LogP contribution in [0, 0.1) is 5.92 Å². The monoisotopic (exact) mass is 220 g/mol. The third-order valence-corrected chi connectivity index (χ3v) is 3.13. The van der Waals surface area contributed by atoms with Gasteiger partial charge in [-0.25, -0.2) is 9.97 Å². The molecule has 16 heavy (non-hydrogen) atoms. The molecule has 1 atom stereocenters. The van der Waals surface area contributed by atoms with E-state index in [1.54, 1.807) is 0 Å². The molecule has 0 spiro atoms. The molecule has 0 radical (unpaired) electrons. The van der Waals surface area contributed by atoms with Crippen molar-refractivity contribution < 1.29 is 0 Å². The zero-order valence-electron chi connectivity index (χ0n) is 9.89. The molecule has 4 heteroatoms. The average molecular weight is 220 g/mol. The highest BCUT2D eigenvalue weighted by Gasteiger charge is 2.22. The number of aryl methyl sites for hydroxylation is 1. The van der Waals surface area contributed by atoms with Gasteiger partial charge in [0.1, 0.15) is 0 Å². The van der Waals surface area contributed by atoms with Gasteiger partial charge in [0.25, 0.3) is 0 Å². The number of hydrogen-bond acceptors (Lipinski definition) is 4. The van der Waals surface area contributed by atoms with Crippen molar-refractivity contribution in [3.63, 3.8) is 0 Å². The highest BCUT2D eigenvalue weighted by atomic mass is 15.3. The Hall–Kier alpha value is -1.16. The summed E-state index contributed by atoms with van der Waals surface area (Å²) >= 11 is 0. The Bertz CT molecular complexity index is 322. The van der Waals surface area contributed by atoms with Crippen LogP contribution >= 0.6 is 0 Å². The summed E-state index contributed by atoms with van der Waals surface area (Å²) in [6, 6.07) is 0. The summed E-state index contributed by atoms with van der Waals surface area (Å²) in [5.41, 5.74) is 6.89. The summed E-state index contributed by atoms with van der Waals surface area (Å²) in [6.07, 6.45) is 7.26. The van der Waals surface area contributed by atoms with Crippen molar-refractivity contribution in [3.05, 3.63) is 18.0 Å². The lowest BCUT2D eigenvalue weighted by molar-refractivity contribution is 0.601. The summed E-state index contributed by atoms with van der Waals surface area (Å²) in [6.45, 7) is 4.98. The Balaban J connectivity index is 1.99. The van der Waals surface area contributed by atoms with Gasteiger partial charge in [-0.2, -0.15) is 0 Å². The topological polar surface area (TPSA) is 55.0 Å². The van der Waals surface area contributed by atoms with Gasteiger partial charge in [-0.15, -0.1) is 0 Å². The van der Waals surface area contributed by atoms with Crippen molar-refractivity contribution in [3.8, 4) is 0 Å². The van der Waals surface area contributed by atoms with Crippen LogP contribution in [0.3, 0.4) is 0 Å². The van der Waals surface area contributed by atoms with Crippen LogP contribution in [0.15, 0.2) is 12.4 Å². The maximum absolute atomic E-state index is 5.67. The number of nitrogens with zero attached hydrogens (tertiary/aromatic N) is 3. The first-order valence-electron chi connectivity index (χ1n) is 6.09. The fourth-order valence-electron chi connectivity index (χ4n) is 2.14. The van der Waals surface area contributed by atoms with E-state index in [-0.39, 0.29) is 0 Å². The summed E-state index contributed by atoms with van der Waals surface area (Å²) in [4.78, 5) is 11.1. The van der Waals surface area contributed by atoms with E-state index in [0.29, 0.717) is 5.92 Å². The molecule has 1 aromatic rings. The highest BCUT2D eigenvalue weighted by Crippen LogP contribution is 2.19. The molecular formula is C12H20N4. The zero-order chi connectivity index (χ0) is 11.4. The Kier molecular flexibility index (Phi) is 3.72. The van der Waals surface area contributed by atoms with E-state index in [9.17, 15) is 0 Å². The van der Waals surface area contributed by atoms with E-state index < -0.39 is 0 Å². The lowest BCUT2D eigenvalue weighted by atomic mass is 10.1. The summed E-state index contributed by atoms with van der Waals surface area (Å²) in [5.74, 6) is 1.47. The number of hydrogen-bond donors (Lipinski definition) is 1. The lowest BCUT2D eigenvalue weighted by Gasteiger charge is -2.15. The van der Waals surface area contributed by atoms with Crippen LogP contribution in [0.1, 0.15) is 25.3 Å². The van der Waals surface area contributed by atoms with Crippen LogP contribution in [-0.4, -0.2) is 29.6 Å². The SMILES string of the molecule is CCCc1cnc(N2CC[C@H](CN)C2)nc1. The quantitative estimate of drug-likeness (QED) is 0.828. The molecule has 0 aromatic carbocycles. The first kappa shape index (κ1) is 11.3. The number of anilines is 1. The molecule has 0 unspecified atom stereocenters. The maximum Gasteiger partial charge on any atom is 0.225 e. The molecule has 0 aliphatic carbocycles. The van der Waals surface area contributed by atoms with Crippen molar-refractivity contribution in [2.45, 2.75) is 26.2 Å². The smallest absolute Gasteiger partial charge is 0.225 e. The van der Waals surface area contributed by atoms with Gasteiger partial charge in [0.2, 0.25) is 5.95 Å². The highest BCUT2D eigenvalue weighted by molar-refractivity contribution is 5.31. The van der Waals surface area contributed by atoms with Crippen molar-refractivity contribution >= 4 is 5.95 Å². The summed E-state index contributed by atoms with van der Waals surface area (Å²) in [5, 5.41) is 0. The van der Waals surface area contributed by atoms with Gasteiger partial charge in [-0.3, -0.25) is 0 Å². The van der Waals surface area contributed by atoms with Gasteiger partial charge in [0.05, 0.1) is 0 Å². The second-order valence-electron chi connectivity index (χ2n) is 4.48. The van der Waals surface area contributed by atoms with Gasteiger partial charge in [0, 0.05) is 25.5 Å². The fraction of sp³-hybridized carbons (Fsp3) is 0.667. The van der Waals surface area contributed by atoms with Crippen molar-refractivity contribution in [1.29, 1.82) is 0 Å². The largest absolute Gasteiger partial charge is 0.340 e. The van der Waals surface area contributed by atoms with Crippen molar-refractivity contribution in [2.24, 2.45) is 11.7 Å². The van der Waals surface area contributed by atoms with E-state index >= 15 is 0 Å². The number of rotatable bonds is 4. The van der Waals surface area contributed by atoms with Crippen LogP contribution in [0.2, 0.25) is 0 Å². The van der Waals surface area contributed by atoms with E-state index in [2.05, 4.69) is 21.8 Å². The molecule has 1 saturated heterocycles. The third kappa shape index (κ3) is 2.50. The first-order valence-corrected chi connectivity index (χ1v) is 6.09. The van der Waals surface area contributed by atoms with Gasteiger partial charge < -0.3 is 10.6 Å². The second kappa shape index (κ2) is 5.25. The van der Waals surface area contributed by atoms with E-state index in [1.165, 1.54) is 5.56 Å². The summed E-state index contributed by atoms with van der Waals surface area (Å²) in [7, 11) is 0. The van der Waals surface area contributed by atoms with Gasteiger partial charge in [-0.1, -0.05) is 13.3 Å². The molecular weight excluding hydrogens is 200 g/mol. The van der Waals surface area contributed by atoms with E-state index in [0.717, 1.165) is 44.8 Å². The molecule has 1 aliphatic rings. The molecule has 88 valence electrons. The lowest BCUT2D eigenvalue weighted by Crippen LogP contribution is -2.24. The molecule has 0 saturated carbocycles. The average Bonchev–Trinajstić information content (AvgIpc) is 2.79. The predicted molar refractivity (Wildman–Crippen MR) is 65.4 cm³/mol. The van der Waals surface area contributed by atoms with Crippen LogP contribution in [0.25, 0.3) is 0 Å². The van der Waals surface area contributed by atoms with E-state index in [4.69, 9.17) is 5.73 Å². The molecule has 0 amide bonds. The Morgan fingerprint density at radius 2 is 2.19 bits per heavy atom. The third-order valence-electron chi connectivity index (χ3n) is 3.13. The number of aromatic nitrogens is 2. The first-order chi connectivity index (χ1) is 7.83. The minimum atomic E-state index is 0.610. The van der Waals surface area contributed by atoms with Crippen LogP contribution in [0.4, 0.5) is 5.95 Å². The standard InChI is InChI=1S/C12H20N4/c1-2-3-11-7-14-12(15-8-11)16-5-4-10(6-13)9-16/h7-8,10H,2-6,9,13H2,1H3/t10-/m1/s1. The predicted octanol–water partition coefficient (Wildman–Crippen LogP) is 1.21. The Morgan fingerprint density at radius 1 is 1.44 bits per heavy atom. The molecule has 2 heterocycles. The maximum atomic E-state index is 5.67. The van der Waals surface area contributed by atoms with E-state index in [1.807, 2.05) is 12.4 Å².